The Morgan fingerprint density at radius 2 is 1.50 bits per heavy atom. The quantitative estimate of drug-likeness (QED) is 0.291. The van der Waals surface area contributed by atoms with Gasteiger partial charge in [-0.2, -0.15) is 0 Å². The van der Waals surface area contributed by atoms with Crippen molar-refractivity contribution in [1.82, 2.24) is 0 Å². The van der Waals surface area contributed by atoms with Crippen molar-refractivity contribution in [3.63, 3.8) is 0 Å². The lowest BCUT2D eigenvalue weighted by Crippen LogP contribution is -2.17. The number of hydrogen-bond donors (Lipinski definition) is 1. The molecule has 0 saturated heterocycles. The summed E-state index contributed by atoms with van der Waals surface area (Å²) in [6, 6.07) is 2.62. The Balaban J connectivity index is 2.45. The van der Waals surface area contributed by atoms with Crippen LogP contribution in [0.5, 0.6) is 0 Å². The highest BCUT2D eigenvalue weighted by Crippen LogP contribution is 2.29. The average Bonchev–Trinajstić information content (AvgIpc) is 2.55. The average molecular weight is 367 g/mol. The zero-order chi connectivity index (χ0) is 18.2. The van der Waals surface area contributed by atoms with E-state index in [9.17, 15) is 36.9 Å². The highest BCUT2D eigenvalue weighted by atomic mass is 35.5. The van der Waals surface area contributed by atoms with Gasteiger partial charge in [0.2, 0.25) is 5.82 Å². The Bertz CT molecular complexity index is 846. The number of nitrogens with one attached hydrogen (secondary N) is 1. The van der Waals surface area contributed by atoms with Crippen molar-refractivity contribution in [2.45, 2.75) is 0 Å². The summed E-state index contributed by atoms with van der Waals surface area (Å²) in [4.78, 5) is 21.7. The standard InChI is InChI=1S/C13H4ClF5N2O3/c14-5-2-1-4(3-6(5)21(23)24)13(22)20-12-10(18)8(16)7(15)9(17)11(12)19/h1-3H,(H,20,22). The van der Waals surface area contributed by atoms with E-state index in [1.807, 2.05) is 0 Å². The summed E-state index contributed by atoms with van der Waals surface area (Å²) in [5, 5.41) is 11.9. The van der Waals surface area contributed by atoms with Crippen LogP contribution in [0.3, 0.4) is 0 Å². The number of anilines is 1. The first-order valence-corrected chi connectivity index (χ1v) is 6.29. The molecule has 0 atom stereocenters. The van der Waals surface area contributed by atoms with Crippen molar-refractivity contribution >= 4 is 28.9 Å². The van der Waals surface area contributed by atoms with Crippen molar-refractivity contribution in [2.24, 2.45) is 0 Å². The van der Waals surface area contributed by atoms with E-state index in [1.165, 1.54) is 5.32 Å². The van der Waals surface area contributed by atoms with Crippen LogP contribution in [0.4, 0.5) is 33.3 Å². The molecule has 0 aliphatic rings. The molecule has 0 bridgehead atoms. The third kappa shape index (κ3) is 3.00. The first kappa shape index (κ1) is 17.6. The van der Waals surface area contributed by atoms with Crippen LogP contribution in [-0.4, -0.2) is 10.8 Å². The largest absolute Gasteiger partial charge is 0.317 e. The molecule has 0 aromatic heterocycles. The monoisotopic (exact) mass is 366 g/mol. The lowest BCUT2D eigenvalue weighted by Gasteiger charge is -2.10. The Labute approximate surface area is 134 Å². The third-order valence-corrected chi connectivity index (χ3v) is 3.17. The van der Waals surface area contributed by atoms with Crippen molar-refractivity contribution < 1.29 is 31.7 Å². The van der Waals surface area contributed by atoms with Crippen LogP contribution in [0, 0.1) is 39.2 Å². The molecule has 2 rings (SSSR count). The fraction of sp³-hybridized carbons (Fsp3) is 0. The van der Waals surface area contributed by atoms with E-state index >= 15 is 0 Å². The summed E-state index contributed by atoms with van der Waals surface area (Å²) in [6.45, 7) is 0. The molecule has 5 nitrogen and oxygen atoms in total. The molecule has 0 saturated carbocycles. The van der Waals surface area contributed by atoms with E-state index in [2.05, 4.69) is 0 Å². The number of halogens is 6. The van der Waals surface area contributed by atoms with Crippen molar-refractivity contribution in [1.29, 1.82) is 0 Å². The maximum absolute atomic E-state index is 13.5. The molecule has 24 heavy (non-hydrogen) atoms. The maximum atomic E-state index is 13.5. The molecule has 0 unspecified atom stereocenters. The summed E-state index contributed by atoms with van der Waals surface area (Å²) in [7, 11) is 0. The van der Waals surface area contributed by atoms with Crippen LogP contribution in [0.25, 0.3) is 0 Å². The number of benzene rings is 2. The fourth-order valence-corrected chi connectivity index (χ4v) is 1.88. The summed E-state index contributed by atoms with van der Waals surface area (Å²) in [5.41, 5.74) is -2.73. The van der Waals surface area contributed by atoms with E-state index in [0.717, 1.165) is 12.1 Å². The minimum absolute atomic E-state index is 0.312. The number of amides is 1. The Hall–Kier alpha value is -2.75. The minimum atomic E-state index is -2.38. The molecule has 0 radical (unpaired) electrons. The van der Waals surface area contributed by atoms with Gasteiger partial charge in [-0.25, -0.2) is 22.0 Å². The summed E-state index contributed by atoms with van der Waals surface area (Å²) < 4.78 is 66.0. The van der Waals surface area contributed by atoms with Gasteiger partial charge in [0, 0.05) is 11.6 Å². The van der Waals surface area contributed by atoms with Gasteiger partial charge in [0.05, 0.1) is 4.92 Å². The first-order valence-electron chi connectivity index (χ1n) is 5.91. The predicted octanol–water partition coefficient (Wildman–Crippen LogP) is 4.20. The van der Waals surface area contributed by atoms with Crippen LogP contribution >= 0.6 is 11.6 Å². The second kappa shape index (κ2) is 6.40. The number of hydrogen-bond acceptors (Lipinski definition) is 3. The molecule has 2 aromatic rings. The van der Waals surface area contributed by atoms with Crippen molar-refractivity contribution in [3.8, 4) is 0 Å². The highest BCUT2D eigenvalue weighted by Gasteiger charge is 2.27. The molecule has 126 valence electrons. The summed E-state index contributed by atoms with van der Waals surface area (Å²) in [6.07, 6.45) is 0. The second-order valence-corrected chi connectivity index (χ2v) is 4.73. The second-order valence-electron chi connectivity index (χ2n) is 4.32. The summed E-state index contributed by atoms with van der Waals surface area (Å²) >= 11 is 5.53. The lowest BCUT2D eigenvalue weighted by molar-refractivity contribution is -0.384. The molecule has 2 aromatic carbocycles. The van der Waals surface area contributed by atoms with Gasteiger partial charge in [-0.15, -0.1) is 0 Å². The van der Waals surface area contributed by atoms with Crippen LogP contribution in [0.15, 0.2) is 18.2 Å². The van der Waals surface area contributed by atoms with Gasteiger partial charge in [-0.05, 0) is 12.1 Å². The van der Waals surface area contributed by atoms with Gasteiger partial charge in [-0.1, -0.05) is 11.6 Å². The fourth-order valence-electron chi connectivity index (χ4n) is 1.69. The third-order valence-electron chi connectivity index (χ3n) is 2.85. The van der Waals surface area contributed by atoms with Crippen LogP contribution in [-0.2, 0) is 0 Å². The molecule has 1 N–H and O–H groups in total. The highest BCUT2D eigenvalue weighted by molar-refractivity contribution is 6.32. The summed E-state index contributed by atoms with van der Waals surface area (Å²) in [5.74, 6) is -12.7. The SMILES string of the molecule is O=C(Nc1c(F)c(F)c(F)c(F)c1F)c1ccc(Cl)c([N+](=O)[O-])c1. The van der Waals surface area contributed by atoms with Crippen LogP contribution < -0.4 is 5.32 Å². The number of carbonyl (C=O) groups is 1. The number of nitro benzene ring substituents is 1. The maximum Gasteiger partial charge on any atom is 0.288 e. The van der Waals surface area contributed by atoms with Gasteiger partial charge in [-0.3, -0.25) is 14.9 Å². The van der Waals surface area contributed by atoms with E-state index in [-0.39, 0.29) is 5.02 Å². The van der Waals surface area contributed by atoms with Crippen LogP contribution in [0.1, 0.15) is 10.4 Å². The Morgan fingerprint density at radius 1 is 1.00 bits per heavy atom. The predicted molar refractivity (Wildman–Crippen MR) is 72.3 cm³/mol. The van der Waals surface area contributed by atoms with Crippen LogP contribution in [0.2, 0.25) is 5.02 Å². The zero-order valence-corrected chi connectivity index (χ0v) is 11.9. The van der Waals surface area contributed by atoms with E-state index in [1.54, 1.807) is 0 Å². The Kier molecular flexibility index (Phi) is 4.69. The molecule has 0 heterocycles. The number of carbonyl (C=O) groups excluding carboxylic acids is 1. The molecular weight excluding hydrogens is 363 g/mol. The molecule has 11 heteroatoms. The van der Waals surface area contributed by atoms with E-state index in [4.69, 9.17) is 11.6 Å². The van der Waals surface area contributed by atoms with Crippen molar-refractivity contribution in [2.75, 3.05) is 5.32 Å². The van der Waals surface area contributed by atoms with Gasteiger partial charge >= 0.3 is 0 Å². The minimum Gasteiger partial charge on any atom is -0.317 e. The van der Waals surface area contributed by atoms with E-state index in [0.29, 0.717) is 6.07 Å². The van der Waals surface area contributed by atoms with Gasteiger partial charge < -0.3 is 5.32 Å². The smallest absolute Gasteiger partial charge is 0.288 e. The van der Waals surface area contributed by atoms with Gasteiger partial charge in [0.15, 0.2) is 23.3 Å². The normalized spacial score (nSPS) is 10.6. The molecule has 0 aliphatic carbocycles. The molecule has 1 amide bonds. The zero-order valence-electron chi connectivity index (χ0n) is 11.2. The van der Waals surface area contributed by atoms with Gasteiger partial charge in [0.1, 0.15) is 10.7 Å². The molecule has 0 fully saturated rings. The topological polar surface area (TPSA) is 72.2 Å². The molecule has 0 aliphatic heterocycles. The van der Waals surface area contributed by atoms with E-state index < -0.39 is 56.9 Å². The number of nitrogens with zero attached hydrogens (tertiary/aromatic N) is 1. The first-order chi connectivity index (χ1) is 11.1. The number of rotatable bonds is 3. The van der Waals surface area contributed by atoms with Crippen molar-refractivity contribution in [3.05, 3.63) is 68.0 Å². The van der Waals surface area contributed by atoms with Gasteiger partial charge in [0.25, 0.3) is 11.6 Å². The Morgan fingerprint density at radius 3 is 2.00 bits per heavy atom. The molecule has 0 spiro atoms. The lowest BCUT2D eigenvalue weighted by atomic mass is 10.1. The molecular formula is C13H4ClF5N2O3. The number of nitro groups is 1.